The molecule has 1 heterocycles. The average Bonchev–Trinajstić information content (AvgIpc) is 2.67. The quantitative estimate of drug-likeness (QED) is 0.720. The first-order valence-electron chi connectivity index (χ1n) is 8.79. The van der Waals surface area contributed by atoms with Gasteiger partial charge >= 0.3 is 0 Å². The second kappa shape index (κ2) is 11.5. The van der Waals surface area contributed by atoms with Crippen LogP contribution in [0.4, 0.5) is 5.69 Å². The number of piperazine rings is 1. The Morgan fingerprint density at radius 1 is 0.929 bits per heavy atom. The molecule has 0 saturated carbocycles. The summed E-state index contributed by atoms with van der Waals surface area (Å²) in [6, 6.07) is 17.0. The summed E-state index contributed by atoms with van der Waals surface area (Å²) in [6.07, 6.45) is 0. The fourth-order valence-corrected chi connectivity index (χ4v) is 3.05. The highest BCUT2D eigenvalue weighted by molar-refractivity contribution is 5.97. The molecule has 0 aliphatic carbocycles. The second-order valence-corrected chi connectivity index (χ2v) is 6.45. The van der Waals surface area contributed by atoms with Crippen LogP contribution in [0.1, 0.15) is 15.9 Å². The Bertz CT molecular complexity index is 766. The Hall–Kier alpha value is -2.28. The largest absolute Gasteiger partial charge is 0.399 e. The minimum Gasteiger partial charge on any atom is -0.399 e. The van der Waals surface area contributed by atoms with E-state index >= 15 is 0 Å². The second-order valence-electron chi connectivity index (χ2n) is 6.45. The number of nitrogens with zero attached hydrogens (tertiary/aromatic N) is 2. The van der Waals surface area contributed by atoms with Crippen molar-refractivity contribution in [1.29, 1.82) is 0 Å². The van der Waals surface area contributed by atoms with Gasteiger partial charge in [0.1, 0.15) is 0 Å². The van der Waals surface area contributed by atoms with E-state index in [4.69, 9.17) is 5.73 Å². The molecule has 2 aromatic carbocycles. The number of nitrogens with one attached hydrogen (secondary N) is 1. The van der Waals surface area contributed by atoms with Crippen molar-refractivity contribution in [3.8, 4) is 0 Å². The van der Waals surface area contributed by atoms with Crippen LogP contribution in [0.2, 0.25) is 0 Å². The van der Waals surface area contributed by atoms with Crippen molar-refractivity contribution in [2.45, 2.75) is 6.54 Å². The summed E-state index contributed by atoms with van der Waals surface area (Å²) in [5, 5.41) is 2.67. The van der Waals surface area contributed by atoms with Gasteiger partial charge < -0.3 is 16.0 Å². The lowest BCUT2D eigenvalue weighted by atomic mass is 10.2. The Kier molecular flexibility index (Phi) is 9.79. The molecule has 1 aliphatic heterocycles. The standard InChI is InChI=1S/C20H24N4O2.2ClH/c21-18-8-4-7-17(13-18)20(26)22-14-19(25)24-11-9-23(10-12-24)15-16-5-2-1-3-6-16;;/h1-8,13H,9-12,14-15,21H2,(H,22,26);2*1H. The van der Waals surface area contributed by atoms with E-state index in [9.17, 15) is 9.59 Å². The Morgan fingerprint density at radius 2 is 1.61 bits per heavy atom. The molecule has 152 valence electrons. The van der Waals surface area contributed by atoms with Crippen molar-refractivity contribution in [3.63, 3.8) is 0 Å². The number of benzene rings is 2. The van der Waals surface area contributed by atoms with Gasteiger partial charge in [0.05, 0.1) is 6.54 Å². The van der Waals surface area contributed by atoms with Crippen LogP contribution in [-0.2, 0) is 11.3 Å². The number of amides is 2. The maximum Gasteiger partial charge on any atom is 0.251 e. The van der Waals surface area contributed by atoms with E-state index in [0.29, 0.717) is 24.3 Å². The summed E-state index contributed by atoms with van der Waals surface area (Å²) in [5.74, 6) is -0.338. The van der Waals surface area contributed by atoms with E-state index < -0.39 is 0 Å². The van der Waals surface area contributed by atoms with Crippen LogP contribution in [0.15, 0.2) is 54.6 Å². The third-order valence-corrected chi connectivity index (χ3v) is 4.52. The van der Waals surface area contributed by atoms with E-state index in [0.717, 1.165) is 19.6 Å². The van der Waals surface area contributed by atoms with E-state index in [1.807, 2.05) is 18.2 Å². The molecular formula is C20H26Cl2N4O2. The molecule has 1 aliphatic rings. The predicted octanol–water partition coefficient (Wildman–Crippen LogP) is 2.19. The number of hydrogen-bond donors (Lipinski definition) is 2. The van der Waals surface area contributed by atoms with E-state index in [1.54, 1.807) is 29.2 Å². The zero-order valence-corrected chi connectivity index (χ0v) is 17.2. The lowest BCUT2D eigenvalue weighted by Crippen LogP contribution is -2.50. The smallest absolute Gasteiger partial charge is 0.251 e. The average molecular weight is 425 g/mol. The summed E-state index contributed by atoms with van der Waals surface area (Å²) in [4.78, 5) is 28.6. The Morgan fingerprint density at radius 3 is 2.25 bits per heavy atom. The fourth-order valence-electron chi connectivity index (χ4n) is 3.05. The van der Waals surface area contributed by atoms with Crippen LogP contribution in [0.3, 0.4) is 0 Å². The van der Waals surface area contributed by atoms with Gasteiger partial charge in [0.2, 0.25) is 5.91 Å². The van der Waals surface area contributed by atoms with Crippen LogP contribution in [0, 0.1) is 0 Å². The summed E-state index contributed by atoms with van der Waals surface area (Å²) < 4.78 is 0. The number of anilines is 1. The van der Waals surface area contributed by atoms with Gasteiger partial charge in [0.15, 0.2) is 0 Å². The number of rotatable bonds is 5. The molecule has 2 aromatic rings. The van der Waals surface area contributed by atoms with Gasteiger partial charge in [-0.25, -0.2) is 0 Å². The first-order valence-corrected chi connectivity index (χ1v) is 8.79. The van der Waals surface area contributed by atoms with Gasteiger partial charge in [0, 0.05) is 44.0 Å². The molecule has 3 N–H and O–H groups in total. The zero-order chi connectivity index (χ0) is 18.4. The lowest BCUT2D eigenvalue weighted by molar-refractivity contribution is -0.131. The van der Waals surface area contributed by atoms with E-state index in [2.05, 4.69) is 22.3 Å². The molecule has 6 nitrogen and oxygen atoms in total. The highest BCUT2D eigenvalue weighted by Crippen LogP contribution is 2.09. The first-order chi connectivity index (χ1) is 12.6. The molecule has 0 spiro atoms. The normalized spacial score (nSPS) is 13.8. The Labute approximate surface area is 177 Å². The monoisotopic (exact) mass is 424 g/mol. The molecule has 8 heteroatoms. The lowest BCUT2D eigenvalue weighted by Gasteiger charge is -2.34. The van der Waals surface area contributed by atoms with Crippen molar-refractivity contribution < 1.29 is 9.59 Å². The maximum atomic E-state index is 12.3. The summed E-state index contributed by atoms with van der Waals surface area (Å²) in [6.45, 7) is 3.94. The van der Waals surface area contributed by atoms with Crippen molar-refractivity contribution in [2.75, 3.05) is 38.5 Å². The molecule has 1 saturated heterocycles. The molecule has 0 radical (unpaired) electrons. The molecule has 0 unspecified atom stereocenters. The Balaban J connectivity index is 0.00000196. The van der Waals surface area contributed by atoms with Gasteiger partial charge in [-0.3, -0.25) is 14.5 Å². The molecular weight excluding hydrogens is 399 g/mol. The number of halogens is 2. The fraction of sp³-hybridized carbons (Fsp3) is 0.300. The third-order valence-electron chi connectivity index (χ3n) is 4.52. The molecule has 1 fully saturated rings. The number of carbonyl (C=O) groups is 2. The minimum absolute atomic E-state index is 0. The molecule has 3 rings (SSSR count). The van der Waals surface area contributed by atoms with Crippen molar-refractivity contribution in [1.82, 2.24) is 15.1 Å². The number of nitrogen functional groups attached to an aromatic ring is 1. The van der Waals surface area contributed by atoms with Gasteiger partial charge in [-0.2, -0.15) is 0 Å². The van der Waals surface area contributed by atoms with E-state index in [1.165, 1.54) is 5.56 Å². The number of carbonyl (C=O) groups excluding carboxylic acids is 2. The SMILES string of the molecule is Cl.Cl.Nc1cccc(C(=O)NCC(=O)N2CCN(Cc3ccccc3)CC2)c1. The maximum absolute atomic E-state index is 12.3. The topological polar surface area (TPSA) is 78.7 Å². The van der Waals surface area contributed by atoms with Gasteiger partial charge in [-0.1, -0.05) is 36.4 Å². The van der Waals surface area contributed by atoms with Crippen LogP contribution in [0.25, 0.3) is 0 Å². The van der Waals surface area contributed by atoms with Crippen LogP contribution in [-0.4, -0.2) is 54.3 Å². The third kappa shape index (κ3) is 6.71. The summed E-state index contributed by atoms with van der Waals surface area (Å²) in [7, 11) is 0. The first kappa shape index (κ1) is 23.8. The molecule has 0 atom stereocenters. The van der Waals surface area contributed by atoms with Gasteiger partial charge in [-0.05, 0) is 23.8 Å². The number of hydrogen-bond acceptors (Lipinski definition) is 4. The summed E-state index contributed by atoms with van der Waals surface area (Å²) in [5.41, 5.74) is 7.95. The molecule has 2 amide bonds. The zero-order valence-electron chi connectivity index (χ0n) is 15.5. The van der Waals surface area contributed by atoms with Crippen LogP contribution >= 0.6 is 24.8 Å². The van der Waals surface area contributed by atoms with Crippen molar-refractivity contribution in [3.05, 3.63) is 65.7 Å². The minimum atomic E-state index is -0.284. The number of nitrogens with two attached hydrogens (primary N) is 1. The summed E-state index contributed by atoms with van der Waals surface area (Å²) >= 11 is 0. The van der Waals surface area contributed by atoms with Crippen molar-refractivity contribution >= 4 is 42.3 Å². The predicted molar refractivity (Wildman–Crippen MR) is 116 cm³/mol. The van der Waals surface area contributed by atoms with Crippen LogP contribution < -0.4 is 11.1 Å². The molecule has 0 bridgehead atoms. The highest BCUT2D eigenvalue weighted by atomic mass is 35.5. The molecule has 28 heavy (non-hydrogen) atoms. The molecule has 0 aromatic heterocycles. The van der Waals surface area contributed by atoms with Crippen molar-refractivity contribution in [2.24, 2.45) is 0 Å². The highest BCUT2D eigenvalue weighted by Gasteiger charge is 2.21. The van der Waals surface area contributed by atoms with Gasteiger partial charge in [0.25, 0.3) is 5.91 Å². The van der Waals surface area contributed by atoms with Crippen LogP contribution in [0.5, 0.6) is 0 Å². The van der Waals surface area contributed by atoms with Gasteiger partial charge in [-0.15, -0.1) is 24.8 Å². The van der Waals surface area contributed by atoms with E-state index in [-0.39, 0.29) is 43.2 Å².